The van der Waals surface area contributed by atoms with Crippen molar-refractivity contribution in [2.75, 3.05) is 19.8 Å². The average Bonchev–Trinajstić information content (AvgIpc) is 3.56. The van der Waals surface area contributed by atoms with Crippen LogP contribution in [0, 0.1) is 11.8 Å². The summed E-state index contributed by atoms with van der Waals surface area (Å²) >= 11 is 0. The van der Waals surface area contributed by atoms with Gasteiger partial charge in [-0.1, -0.05) is 117 Å². The van der Waals surface area contributed by atoms with E-state index in [-0.39, 0.29) is 38.8 Å². The molecule has 11 nitrogen and oxygen atoms in total. The van der Waals surface area contributed by atoms with Crippen LogP contribution in [0.4, 0.5) is 0 Å². The molecule has 0 bridgehead atoms. The fraction of sp³-hybridized carbons (Fsp3) is 0.277. The number of carbonyl (C=O) groups excluding carboxylic acids is 3. The first-order valence-electron chi connectivity index (χ1n) is 19.1. The van der Waals surface area contributed by atoms with Gasteiger partial charge in [-0.3, -0.25) is 9.59 Å². The van der Waals surface area contributed by atoms with Crippen LogP contribution in [0.25, 0.3) is 11.1 Å². The molecule has 0 saturated carbocycles. The van der Waals surface area contributed by atoms with Crippen LogP contribution in [0.1, 0.15) is 60.1 Å². The van der Waals surface area contributed by atoms with Gasteiger partial charge in [-0.25, -0.2) is 9.59 Å². The van der Waals surface area contributed by atoms with Gasteiger partial charge >= 0.3 is 23.9 Å². The number of rotatable bonds is 18. The monoisotopic (exact) mass is 786 g/mol. The van der Waals surface area contributed by atoms with Crippen molar-refractivity contribution in [3.05, 3.63) is 162 Å². The van der Waals surface area contributed by atoms with Gasteiger partial charge in [-0.15, -0.1) is 0 Å². The Labute approximate surface area is 337 Å². The predicted molar refractivity (Wildman–Crippen MR) is 215 cm³/mol. The lowest BCUT2D eigenvalue weighted by molar-refractivity contribution is -0.175. The average molecular weight is 787 g/mol. The van der Waals surface area contributed by atoms with E-state index in [1.807, 2.05) is 67.6 Å². The number of aliphatic hydroxyl groups excluding tert-OH is 1. The van der Waals surface area contributed by atoms with Crippen molar-refractivity contribution < 1.29 is 53.1 Å². The largest absolute Gasteiger partial charge is 0.490 e. The SMILES string of the molecule is C=CC(=O)OCC(COc1ccc(C2(c3ccc(C(CC)OCC(O)OC(=O)C=C)cc3)c3ccccc3-c3ccccc32)cc1)OC(=O)C1CC=CCC1C(=O)O. The van der Waals surface area contributed by atoms with E-state index in [0.29, 0.717) is 12.2 Å². The van der Waals surface area contributed by atoms with E-state index >= 15 is 0 Å². The molecule has 6 rings (SSSR count). The van der Waals surface area contributed by atoms with Crippen molar-refractivity contribution >= 4 is 23.9 Å². The van der Waals surface area contributed by atoms with Gasteiger partial charge < -0.3 is 33.9 Å². The number of hydrogen-bond acceptors (Lipinski definition) is 10. The Bertz CT molecular complexity index is 2110. The minimum atomic E-state index is -1.43. The molecule has 0 aliphatic heterocycles. The second-order valence-corrected chi connectivity index (χ2v) is 14.0. The van der Waals surface area contributed by atoms with Gasteiger partial charge in [0.15, 0.2) is 6.10 Å². The summed E-state index contributed by atoms with van der Waals surface area (Å²) in [6, 6.07) is 32.5. The molecule has 5 atom stereocenters. The van der Waals surface area contributed by atoms with Gasteiger partial charge in [0.25, 0.3) is 0 Å². The number of hydrogen-bond donors (Lipinski definition) is 2. The Morgan fingerprint density at radius 2 is 1.31 bits per heavy atom. The summed E-state index contributed by atoms with van der Waals surface area (Å²) in [5.41, 5.74) is 6.55. The minimum absolute atomic E-state index is 0.164. The van der Waals surface area contributed by atoms with E-state index in [9.17, 15) is 29.4 Å². The quantitative estimate of drug-likeness (QED) is 0.0303. The maximum atomic E-state index is 13.2. The maximum absolute atomic E-state index is 13.2. The van der Waals surface area contributed by atoms with Crippen LogP contribution < -0.4 is 4.74 Å². The van der Waals surface area contributed by atoms with Gasteiger partial charge in [-0.2, -0.15) is 0 Å². The highest BCUT2D eigenvalue weighted by molar-refractivity contribution is 5.86. The van der Waals surface area contributed by atoms with Gasteiger partial charge in [0.1, 0.15) is 25.6 Å². The molecule has 5 unspecified atom stereocenters. The first kappa shape index (κ1) is 41.3. The molecule has 0 aromatic heterocycles. The summed E-state index contributed by atoms with van der Waals surface area (Å²) < 4.78 is 27.9. The lowest BCUT2D eigenvalue weighted by Gasteiger charge is -2.34. The molecule has 0 fully saturated rings. The summed E-state index contributed by atoms with van der Waals surface area (Å²) in [6.45, 7) is 8.06. The van der Waals surface area contributed by atoms with Crippen LogP contribution in [-0.4, -0.2) is 66.3 Å². The molecule has 300 valence electrons. The molecular formula is C47H46O11. The van der Waals surface area contributed by atoms with Gasteiger partial charge in [0.2, 0.25) is 6.29 Å². The molecule has 4 aromatic rings. The van der Waals surface area contributed by atoms with E-state index in [0.717, 1.165) is 51.1 Å². The van der Waals surface area contributed by atoms with Crippen LogP contribution in [-0.2, 0) is 43.5 Å². The highest BCUT2D eigenvalue weighted by Gasteiger charge is 2.46. The molecule has 0 spiro atoms. The van der Waals surface area contributed by atoms with Crippen LogP contribution in [0.5, 0.6) is 5.75 Å². The normalized spacial score (nSPS) is 17.7. The molecule has 2 N–H and O–H groups in total. The standard InChI is InChI=1S/C47H46O11/c1-4-41(55-29-44(50)58-43(49)6-3)30-19-21-31(22-20-30)47(39-17-11-9-13-35(39)36-14-10-12-18-40(36)47)32-23-25-33(26-24-32)54-27-34(28-56-42(48)5-2)57-46(53)38-16-8-7-15-37(38)45(51)52/h5-14,17-26,34,37-38,41,44,50H,2-4,15-16,27-29H2,1H3,(H,51,52). The third kappa shape index (κ3) is 8.81. The van der Waals surface area contributed by atoms with Crippen molar-refractivity contribution in [1.29, 1.82) is 0 Å². The fourth-order valence-corrected chi connectivity index (χ4v) is 7.78. The molecule has 58 heavy (non-hydrogen) atoms. The smallest absolute Gasteiger partial charge is 0.332 e. The first-order chi connectivity index (χ1) is 28.1. The van der Waals surface area contributed by atoms with Crippen LogP contribution in [0.3, 0.4) is 0 Å². The molecule has 0 amide bonds. The number of aliphatic hydroxyl groups is 1. The van der Waals surface area contributed by atoms with Gasteiger partial charge in [0, 0.05) is 12.2 Å². The number of fused-ring (bicyclic) bond motifs is 3. The lowest BCUT2D eigenvalue weighted by Crippen LogP contribution is -2.37. The number of carboxylic acids is 1. The van der Waals surface area contributed by atoms with Crippen molar-refractivity contribution in [3.8, 4) is 16.9 Å². The molecular weight excluding hydrogens is 741 g/mol. The van der Waals surface area contributed by atoms with Crippen molar-refractivity contribution in [1.82, 2.24) is 0 Å². The van der Waals surface area contributed by atoms with E-state index in [1.54, 1.807) is 12.2 Å². The number of benzene rings is 4. The van der Waals surface area contributed by atoms with Crippen LogP contribution in [0.15, 0.2) is 135 Å². The van der Waals surface area contributed by atoms with Gasteiger partial charge in [-0.05, 0) is 70.3 Å². The minimum Gasteiger partial charge on any atom is -0.490 e. The predicted octanol–water partition coefficient (Wildman–Crippen LogP) is 7.25. The Hall–Kier alpha value is -6.30. The van der Waals surface area contributed by atoms with Crippen LogP contribution >= 0.6 is 0 Å². The number of carboxylic acid groups (broad SMARTS) is 1. The fourth-order valence-electron chi connectivity index (χ4n) is 7.78. The van der Waals surface area contributed by atoms with E-state index in [1.165, 1.54) is 0 Å². The number of aliphatic carboxylic acids is 1. The lowest BCUT2D eigenvalue weighted by atomic mass is 9.67. The molecule has 4 aromatic carbocycles. The summed E-state index contributed by atoms with van der Waals surface area (Å²) in [5.74, 6) is -4.57. The topological polar surface area (TPSA) is 155 Å². The molecule has 11 heteroatoms. The highest BCUT2D eigenvalue weighted by atomic mass is 16.7. The Balaban J connectivity index is 1.28. The third-order valence-corrected chi connectivity index (χ3v) is 10.5. The zero-order valence-corrected chi connectivity index (χ0v) is 32.2. The Kier molecular flexibility index (Phi) is 13.4. The highest BCUT2D eigenvalue weighted by Crippen LogP contribution is 2.56. The summed E-state index contributed by atoms with van der Waals surface area (Å²) in [7, 11) is 0. The van der Waals surface area contributed by atoms with E-state index in [4.69, 9.17) is 23.7 Å². The van der Waals surface area contributed by atoms with Crippen molar-refractivity contribution in [2.45, 2.75) is 50.1 Å². The zero-order chi connectivity index (χ0) is 41.2. The molecule has 0 saturated heterocycles. The van der Waals surface area contributed by atoms with E-state index < -0.39 is 53.5 Å². The maximum Gasteiger partial charge on any atom is 0.332 e. The summed E-state index contributed by atoms with van der Waals surface area (Å²) in [5, 5.41) is 19.8. The second kappa shape index (κ2) is 18.8. The Morgan fingerprint density at radius 1 is 0.741 bits per heavy atom. The second-order valence-electron chi connectivity index (χ2n) is 14.0. The summed E-state index contributed by atoms with van der Waals surface area (Å²) in [4.78, 5) is 48.5. The number of esters is 3. The molecule has 2 aliphatic carbocycles. The zero-order valence-electron chi connectivity index (χ0n) is 32.2. The number of carbonyl (C=O) groups is 4. The first-order valence-corrected chi connectivity index (χ1v) is 19.1. The molecule has 0 heterocycles. The number of allylic oxidation sites excluding steroid dienone is 2. The summed E-state index contributed by atoms with van der Waals surface area (Å²) in [6.07, 6.45) is 3.70. The molecule has 0 radical (unpaired) electrons. The van der Waals surface area contributed by atoms with E-state index in [2.05, 4.69) is 49.6 Å². The van der Waals surface area contributed by atoms with Crippen molar-refractivity contribution in [2.24, 2.45) is 11.8 Å². The molecule has 2 aliphatic rings. The van der Waals surface area contributed by atoms with Gasteiger partial charge in [0.05, 0.1) is 23.4 Å². The third-order valence-electron chi connectivity index (χ3n) is 10.5. The number of ether oxygens (including phenoxy) is 5. The van der Waals surface area contributed by atoms with Crippen molar-refractivity contribution in [3.63, 3.8) is 0 Å². The van der Waals surface area contributed by atoms with Crippen LogP contribution in [0.2, 0.25) is 0 Å². The Morgan fingerprint density at radius 3 is 1.88 bits per heavy atom.